The van der Waals surface area contributed by atoms with Crippen LogP contribution in [0.5, 0.6) is 0 Å². The lowest BCUT2D eigenvalue weighted by Gasteiger charge is -2.28. The molecule has 15 heavy (non-hydrogen) atoms. The van der Waals surface area contributed by atoms with Crippen LogP contribution < -0.4 is 0 Å². The average Bonchev–Trinajstić information content (AvgIpc) is 2.07. The number of hydrogen-bond donors (Lipinski definition) is 1. The summed E-state index contributed by atoms with van der Waals surface area (Å²) in [5, 5.41) is 10.6. The van der Waals surface area contributed by atoms with E-state index in [4.69, 9.17) is 23.2 Å². The van der Waals surface area contributed by atoms with Gasteiger partial charge in [-0.1, -0.05) is 49.2 Å². The lowest BCUT2D eigenvalue weighted by molar-refractivity contribution is 0.157. The number of rotatable bonds is 3. The molecule has 1 atom stereocenters. The summed E-state index contributed by atoms with van der Waals surface area (Å²) in [7, 11) is 0. The second kappa shape index (κ2) is 4.73. The van der Waals surface area contributed by atoms with E-state index >= 15 is 0 Å². The molecule has 1 N–H and O–H groups in total. The van der Waals surface area contributed by atoms with Gasteiger partial charge in [-0.05, 0) is 30.4 Å². The first-order valence-corrected chi connectivity index (χ1v) is 5.73. The molecule has 0 amide bonds. The van der Waals surface area contributed by atoms with Crippen LogP contribution >= 0.6 is 23.2 Å². The van der Waals surface area contributed by atoms with Crippen molar-refractivity contribution in [3.05, 3.63) is 33.8 Å². The Kier molecular flexibility index (Phi) is 4.05. The van der Waals surface area contributed by atoms with Crippen molar-refractivity contribution < 1.29 is 5.11 Å². The highest BCUT2D eigenvalue weighted by molar-refractivity contribution is 6.42. The Hall–Kier alpha value is -0.240. The van der Waals surface area contributed by atoms with E-state index in [9.17, 15) is 5.11 Å². The molecule has 0 spiro atoms. The number of aliphatic hydroxyl groups is 1. The Labute approximate surface area is 101 Å². The third-order valence-corrected chi connectivity index (χ3v) is 3.31. The molecule has 1 nitrogen and oxygen atoms in total. The van der Waals surface area contributed by atoms with Gasteiger partial charge in [0.15, 0.2) is 0 Å². The second-order valence-electron chi connectivity index (χ2n) is 4.54. The molecule has 0 aliphatic heterocycles. The molecule has 1 aromatic rings. The van der Waals surface area contributed by atoms with Crippen molar-refractivity contribution in [3.63, 3.8) is 0 Å². The Balaban J connectivity index is 3.09. The standard InChI is InChI=1S/C12H16Cl2O/c1-8(15)7-12(2,3)9-5-4-6-10(13)11(9)14/h4-6,8,15H,7H2,1-3H3. The smallest absolute Gasteiger partial charge is 0.0629 e. The van der Waals surface area contributed by atoms with E-state index in [1.165, 1.54) is 0 Å². The van der Waals surface area contributed by atoms with Crippen molar-refractivity contribution in [2.24, 2.45) is 0 Å². The van der Waals surface area contributed by atoms with Gasteiger partial charge in [-0.15, -0.1) is 0 Å². The van der Waals surface area contributed by atoms with Crippen LogP contribution in [0.1, 0.15) is 32.8 Å². The van der Waals surface area contributed by atoms with Gasteiger partial charge in [-0.25, -0.2) is 0 Å². The van der Waals surface area contributed by atoms with Gasteiger partial charge < -0.3 is 5.11 Å². The molecule has 3 heteroatoms. The molecule has 1 rings (SSSR count). The van der Waals surface area contributed by atoms with Gasteiger partial charge in [-0.2, -0.15) is 0 Å². The summed E-state index contributed by atoms with van der Waals surface area (Å²) in [5.74, 6) is 0. The van der Waals surface area contributed by atoms with Crippen molar-refractivity contribution in [2.75, 3.05) is 0 Å². The molecule has 0 aliphatic carbocycles. The maximum absolute atomic E-state index is 9.43. The summed E-state index contributed by atoms with van der Waals surface area (Å²) in [6.45, 7) is 5.88. The maximum Gasteiger partial charge on any atom is 0.0629 e. The van der Waals surface area contributed by atoms with Crippen molar-refractivity contribution in [1.29, 1.82) is 0 Å². The Morgan fingerprint density at radius 1 is 1.33 bits per heavy atom. The maximum atomic E-state index is 9.43. The summed E-state index contributed by atoms with van der Waals surface area (Å²) < 4.78 is 0. The van der Waals surface area contributed by atoms with Crippen molar-refractivity contribution >= 4 is 23.2 Å². The number of benzene rings is 1. The van der Waals surface area contributed by atoms with Gasteiger partial charge in [-0.3, -0.25) is 0 Å². The average molecular weight is 247 g/mol. The van der Waals surface area contributed by atoms with Gasteiger partial charge in [0.05, 0.1) is 16.1 Å². The minimum absolute atomic E-state index is 0.170. The topological polar surface area (TPSA) is 20.2 Å². The SMILES string of the molecule is CC(O)CC(C)(C)c1cccc(Cl)c1Cl. The first-order chi connectivity index (χ1) is 6.84. The third-order valence-electron chi connectivity index (χ3n) is 2.49. The van der Waals surface area contributed by atoms with Crippen molar-refractivity contribution in [1.82, 2.24) is 0 Å². The predicted molar refractivity (Wildman–Crippen MR) is 65.8 cm³/mol. The molecule has 0 bridgehead atoms. The largest absolute Gasteiger partial charge is 0.393 e. The minimum Gasteiger partial charge on any atom is -0.393 e. The molecular formula is C12H16Cl2O. The van der Waals surface area contributed by atoms with E-state index < -0.39 is 0 Å². The molecule has 0 radical (unpaired) electrons. The first-order valence-electron chi connectivity index (χ1n) is 4.97. The van der Waals surface area contributed by atoms with E-state index in [1.54, 1.807) is 13.0 Å². The summed E-state index contributed by atoms with van der Waals surface area (Å²) in [6, 6.07) is 5.61. The molecule has 0 saturated carbocycles. The van der Waals surface area contributed by atoms with E-state index in [-0.39, 0.29) is 11.5 Å². The Bertz CT molecular complexity index is 345. The first kappa shape index (κ1) is 12.8. The number of halogens is 2. The fourth-order valence-corrected chi connectivity index (χ4v) is 2.43. The molecule has 0 saturated heterocycles. The highest BCUT2D eigenvalue weighted by Crippen LogP contribution is 2.36. The Morgan fingerprint density at radius 3 is 2.47 bits per heavy atom. The molecule has 0 heterocycles. The molecular weight excluding hydrogens is 231 g/mol. The van der Waals surface area contributed by atoms with Crippen molar-refractivity contribution in [3.8, 4) is 0 Å². The lowest BCUT2D eigenvalue weighted by Crippen LogP contribution is -2.23. The second-order valence-corrected chi connectivity index (χ2v) is 5.32. The van der Waals surface area contributed by atoms with Crippen LogP contribution in [0, 0.1) is 0 Å². The van der Waals surface area contributed by atoms with Crippen LogP contribution in [-0.2, 0) is 5.41 Å². The fourth-order valence-electron chi connectivity index (χ4n) is 1.87. The molecule has 84 valence electrons. The number of aliphatic hydroxyl groups excluding tert-OH is 1. The zero-order valence-corrected chi connectivity index (χ0v) is 10.7. The van der Waals surface area contributed by atoms with Crippen LogP contribution in [0.2, 0.25) is 10.0 Å². The molecule has 1 unspecified atom stereocenters. The van der Waals surface area contributed by atoms with Gasteiger partial charge in [0.2, 0.25) is 0 Å². The number of hydrogen-bond acceptors (Lipinski definition) is 1. The molecule has 0 fully saturated rings. The van der Waals surface area contributed by atoms with Gasteiger partial charge in [0.1, 0.15) is 0 Å². The zero-order valence-electron chi connectivity index (χ0n) is 9.22. The summed E-state index contributed by atoms with van der Waals surface area (Å²) in [5.41, 5.74) is 0.813. The van der Waals surface area contributed by atoms with Gasteiger partial charge >= 0.3 is 0 Å². The monoisotopic (exact) mass is 246 g/mol. The van der Waals surface area contributed by atoms with E-state index in [0.717, 1.165) is 5.56 Å². The lowest BCUT2D eigenvalue weighted by atomic mass is 9.80. The van der Waals surface area contributed by atoms with E-state index in [2.05, 4.69) is 13.8 Å². The van der Waals surface area contributed by atoms with Crippen LogP contribution in [0.4, 0.5) is 0 Å². The predicted octanol–water partition coefficient (Wildman–Crippen LogP) is 4.04. The van der Waals surface area contributed by atoms with Crippen LogP contribution in [0.3, 0.4) is 0 Å². The summed E-state index contributed by atoms with van der Waals surface area (Å²) in [4.78, 5) is 0. The summed E-state index contributed by atoms with van der Waals surface area (Å²) in [6.07, 6.45) is 0.308. The zero-order chi connectivity index (χ0) is 11.6. The van der Waals surface area contributed by atoms with Gasteiger partial charge in [0.25, 0.3) is 0 Å². The third kappa shape index (κ3) is 3.10. The quantitative estimate of drug-likeness (QED) is 0.854. The van der Waals surface area contributed by atoms with Crippen LogP contribution in [0.25, 0.3) is 0 Å². The van der Waals surface area contributed by atoms with E-state index in [0.29, 0.717) is 16.5 Å². The van der Waals surface area contributed by atoms with E-state index in [1.807, 2.05) is 12.1 Å². The molecule has 0 aliphatic rings. The summed E-state index contributed by atoms with van der Waals surface area (Å²) >= 11 is 12.1. The normalized spacial score (nSPS) is 14.0. The highest BCUT2D eigenvalue weighted by Gasteiger charge is 2.25. The highest BCUT2D eigenvalue weighted by atomic mass is 35.5. The van der Waals surface area contributed by atoms with Crippen LogP contribution in [-0.4, -0.2) is 11.2 Å². The Morgan fingerprint density at radius 2 is 1.93 bits per heavy atom. The molecule has 1 aromatic carbocycles. The van der Waals surface area contributed by atoms with Crippen LogP contribution in [0.15, 0.2) is 18.2 Å². The minimum atomic E-state index is -0.352. The van der Waals surface area contributed by atoms with Gasteiger partial charge in [0, 0.05) is 0 Å². The fraction of sp³-hybridized carbons (Fsp3) is 0.500. The molecule has 0 aromatic heterocycles. The van der Waals surface area contributed by atoms with Crippen molar-refractivity contribution in [2.45, 2.75) is 38.7 Å².